The van der Waals surface area contributed by atoms with Crippen molar-refractivity contribution in [2.24, 2.45) is 11.3 Å². The van der Waals surface area contributed by atoms with Gasteiger partial charge in [-0.15, -0.1) is 0 Å². The van der Waals surface area contributed by atoms with Crippen LogP contribution in [-0.4, -0.2) is 11.9 Å². The predicted octanol–water partition coefficient (Wildman–Crippen LogP) is 3.17. The van der Waals surface area contributed by atoms with E-state index in [2.05, 4.69) is 50.4 Å². The molecule has 1 aromatic rings. The van der Waals surface area contributed by atoms with E-state index in [1.165, 1.54) is 5.56 Å². The zero-order valence-corrected chi connectivity index (χ0v) is 11.6. The Hall–Kier alpha value is -1.31. The molecule has 0 spiro atoms. The molecule has 2 nitrogen and oxygen atoms in total. The fourth-order valence-corrected chi connectivity index (χ4v) is 3.20. The summed E-state index contributed by atoms with van der Waals surface area (Å²) in [6, 6.07) is 10.7. The molecule has 1 heterocycles. The zero-order chi connectivity index (χ0) is 13.2. The second-order valence-corrected chi connectivity index (χ2v) is 6.24. The van der Waals surface area contributed by atoms with Crippen molar-refractivity contribution in [3.05, 3.63) is 35.9 Å². The van der Waals surface area contributed by atoms with E-state index in [1.807, 2.05) is 6.07 Å². The third kappa shape index (κ3) is 2.92. The summed E-state index contributed by atoms with van der Waals surface area (Å²) in [5.41, 5.74) is 1.40. The molecule has 98 valence electrons. The molecule has 2 heteroatoms. The van der Waals surface area contributed by atoms with Crippen molar-refractivity contribution in [3.63, 3.8) is 0 Å². The van der Waals surface area contributed by atoms with Crippen molar-refractivity contribution < 1.29 is 4.79 Å². The van der Waals surface area contributed by atoms with Gasteiger partial charge in [0.25, 0.3) is 0 Å². The first-order valence-corrected chi connectivity index (χ1v) is 6.83. The van der Waals surface area contributed by atoms with Crippen LogP contribution in [0.15, 0.2) is 30.3 Å². The molecule has 0 aromatic heterocycles. The lowest BCUT2D eigenvalue weighted by molar-refractivity contribution is -0.119. The SMILES string of the molecule is CC(C)CC1(C)CC(=O)NC1Cc1ccccc1. The Morgan fingerprint density at radius 1 is 1.33 bits per heavy atom. The lowest BCUT2D eigenvalue weighted by Crippen LogP contribution is -2.38. The Kier molecular flexibility index (Phi) is 3.74. The molecule has 2 atom stereocenters. The summed E-state index contributed by atoms with van der Waals surface area (Å²) < 4.78 is 0. The van der Waals surface area contributed by atoms with Crippen LogP contribution in [0, 0.1) is 11.3 Å². The summed E-state index contributed by atoms with van der Waals surface area (Å²) in [4.78, 5) is 11.7. The van der Waals surface area contributed by atoms with Crippen molar-refractivity contribution in [1.29, 1.82) is 0 Å². The van der Waals surface area contributed by atoms with Crippen LogP contribution < -0.4 is 5.32 Å². The van der Waals surface area contributed by atoms with Gasteiger partial charge in [0.15, 0.2) is 0 Å². The van der Waals surface area contributed by atoms with Crippen LogP contribution in [0.4, 0.5) is 0 Å². The van der Waals surface area contributed by atoms with Crippen LogP contribution in [-0.2, 0) is 11.2 Å². The normalized spacial score (nSPS) is 27.6. The van der Waals surface area contributed by atoms with E-state index in [1.54, 1.807) is 0 Å². The number of hydrogen-bond acceptors (Lipinski definition) is 1. The molecule has 1 N–H and O–H groups in total. The van der Waals surface area contributed by atoms with Crippen LogP contribution >= 0.6 is 0 Å². The summed E-state index contributed by atoms with van der Waals surface area (Å²) in [6.07, 6.45) is 2.71. The maximum atomic E-state index is 11.7. The summed E-state index contributed by atoms with van der Waals surface area (Å²) in [5, 5.41) is 3.16. The number of nitrogens with one attached hydrogen (secondary N) is 1. The maximum absolute atomic E-state index is 11.7. The molecular formula is C16H23NO. The molecule has 2 unspecified atom stereocenters. The number of hydrogen-bond donors (Lipinski definition) is 1. The van der Waals surface area contributed by atoms with Crippen molar-refractivity contribution in [2.45, 2.75) is 46.1 Å². The molecule has 18 heavy (non-hydrogen) atoms. The molecule has 1 fully saturated rings. The van der Waals surface area contributed by atoms with Crippen molar-refractivity contribution >= 4 is 5.91 Å². The first kappa shape index (κ1) is 13.1. The Morgan fingerprint density at radius 3 is 2.61 bits per heavy atom. The van der Waals surface area contributed by atoms with Gasteiger partial charge in [0.05, 0.1) is 0 Å². The average Bonchev–Trinajstić information content (AvgIpc) is 2.53. The summed E-state index contributed by atoms with van der Waals surface area (Å²) >= 11 is 0. The minimum Gasteiger partial charge on any atom is -0.352 e. The molecule has 0 aliphatic carbocycles. The monoisotopic (exact) mass is 245 g/mol. The Morgan fingerprint density at radius 2 is 2.00 bits per heavy atom. The van der Waals surface area contributed by atoms with Gasteiger partial charge in [-0.05, 0) is 29.7 Å². The third-order valence-electron chi connectivity index (χ3n) is 3.90. The highest BCUT2D eigenvalue weighted by molar-refractivity contribution is 5.80. The zero-order valence-electron chi connectivity index (χ0n) is 11.6. The van der Waals surface area contributed by atoms with Gasteiger partial charge >= 0.3 is 0 Å². The summed E-state index contributed by atoms with van der Waals surface area (Å²) in [6.45, 7) is 6.71. The van der Waals surface area contributed by atoms with Gasteiger partial charge in [-0.1, -0.05) is 51.1 Å². The van der Waals surface area contributed by atoms with Crippen LogP contribution in [0.25, 0.3) is 0 Å². The van der Waals surface area contributed by atoms with Crippen LogP contribution in [0.2, 0.25) is 0 Å². The van der Waals surface area contributed by atoms with Crippen LogP contribution in [0.5, 0.6) is 0 Å². The third-order valence-corrected chi connectivity index (χ3v) is 3.90. The topological polar surface area (TPSA) is 29.1 Å². The van der Waals surface area contributed by atoms with Crippen LogP contribution in [0.1, 0.15) is 39.2 Å². The summed E-state index contributed by atoms with van der Waals surface area (Å²) in [7, 11) is 0. The Bertz CT molecular complexity index is 412. The van der Waals surface area contributed by atoms with Crippen molar-refractivity contribution in [2.75, 3.05) is 0 Å². The van der Waals surface area contributed by atoms with E-state index in [9.17, 15) is 4.79 Å². The quantitative estimate of drug-likeness (QED) is 0.867. The number of carbonyl (C=O) groups is 1. The van der Waals surface area contributed by atoms with E-state index >= 15 is 0 Å². The maximum Gasteiger partial charge on any atom is 0.220 e. The second kappa shape index (κ2) is 5.13. The molecule has 0 saturated carbocycles. The first-order chi connectivity index (χ1) is 8.49. The Balaban J connectivity index is 2.12. The van der Waals surface area contributed by atoms with Crippen molar-refractivity contribution in [1.82, 2.24) is 5.32 Å². The number of carbonyl (C=O) groups excluding carboxylic acids is 1. The summed E-state index contributed by atoms with van der Waals surface area (Å²) in [5.74, 6) is 0.833. The van der Waals surface area contributed by atoms with E-state index in [-0.39, 0.29) is 17.4 Å². The van der Waals surface area contributed by atoms with Crippen LogP contribution in [0.3, 0.4) is 0 Å². The molecule has 1 aromatic carbocycles. The fourth-order valence-electron chi connectivity index (χ4n) is 3.20. The minimum absolute atomic E-state index is 0.0983. The fraction of sp³-hybridized carbons (Fsp3) is 0.562. The van der Waals surface area contributed by atoms with Gasteiger partial charge in [-0.2, -0.15) is 0 Å². The van der Waals surface area contributed by atoms with E-state index in [0.29, 0.717) is 12.3 Å². The van der Waals surface area contributed by atoms with Gasteiger partial charge in [-0.25, -0.2) is 0 Å². The van der Waals surface area contributed by atoms with Gasteiger partial charge in [-0.3, -0.25) is 4.79 Å². The van der Waals surface area contributed by atoms with E-state index < -0.39 is 0 Å². The number of rotatable bonds is 4. The second-order valence-electron chi connectivity index (χ2n) is 6.24. The molecule has 0 radical (unpaired) electrons. The largest absolute Gasteiger partial charge is 0.352 e. The lowest BCUT2D eigenvalue weighted by atomic mass is 9.74. The molecule has 0 bridgehead atoms. The molecule has 1 aliphatic rings. The number of amides is 1. The van der Waals surface area contributed by atoms with Gasteiger partial charge in [0, 0.05) is 12.5 Å². The highest BCUT2D eigenvalue weighted by Gasteiger charge is 2.42. The molecular weight excluding hydrogens is 222 g/mol. The molecule has 1 saturated heterocycles. The van der Waals surface area contributed by atoms with Crippen molar-refractivity contribution in [3.8, 4) is 0 Å². The van der Waals surface area contributed by atoms with Gasteiger partial charge in [0.1, 0.15) is 0 Å². The Labute approximate surface area is 110 Å². The highest BCUT2D eigenvalue weighted by atomic mass is 16.2. The van der Waals surface area contributed by atoms with E-state index in [0.717, 1.165) is 12.8 Å². The predicted molar refractivity (Wildman–Crippen MR) is 74.3 cm³/mol. The van der Waals surface area contributed by atoms with E-state index in [4.69, 9.17) is 0 Å². The van der Waals surface area contributed by atoms with Gasteiger partial charge < -0.3 is 5.32 Å². The molecule has 2 rings (SSSR count). The number of benzene rings is 1. The molecule has 1 amide bonds. The first-order valence-electron chi connectivity index (χ1n) is 6.83. The highest BCUT2D eigenvalue weighted by Crippen LogP contribution is 2.39. The van der Waals surface area contributed by atoms with Gasteiger partial charge in [0.2, 0.25) is 5.91 Å². The molecule has 1 aliphatic heterocycles. The minimum atomic E-state index is 0.0983. The smallest absolute Gasteiger partial charge is 0.220 e. The average molecular weight is 245 g/mol. The standard InChI is InChI=1S/C16H23NO/c1-12(2)10-16(3)11-15(18)17-14(16)9-13-7-5-4-6-8-13/h4-8,12,14H,9-11H2,1-3H3,(H,17,18). The lowest BCUT2D eigenvalue weighted by Gasteiger charge is -2.32.